The molecule has 1 heterocycles. The molecule has 1 aromatic heterocycles. The molecule has 1 aromatic rings. The molecule has 0 spiro atoms. The molecule has 0 amide bonds. The van der Waals surface area contributed by atoms with Crippen molar-refractivity contribution < 1.29 is 8.78 Å². The van der Waals surface area contributed by atoms with Gasteiger partial charge in [0, 0.05) is 17.1 Å². The van der Waals surface area contributed by atoms with Gasteiger partial charge in [-0.05, 0) is 0 Å². The van der Waals surface area contributed by atoms with Crippen molar-refractivity contribution in [2.75, 3.05) is 0 Å². The largest absolute Gasteiger partial charge is 0.356 e. The van der Waals surface area contributed by atoms with Crippen LogP contribution in [0.15, 0.2) is 10.9 Å². The normalized spacial score (nSPS) is 10.2. The van der Waals surface area contributed by atoms with Crippen molar-refractivity contribution in [1.82, 2.24) is 4.98 Å². The molecule has 3 nitrogen and oxygen atoms in total. The number of pyridine rings is 1. The number of hydrogen-bond acceptors (Lipinski definition) is 2. The summed E-state index contributed by atoms with van der Waals surface area (Å²) in [5, 5.41) is 8.74. The first-order valence-electron chi connectivity index (χ1n) is 3.60. The van der Waals surface area contributed by atoms with Gasteiger partial charge in [0.05, 0.1) is 5.69 Å². The average Bonchev–Trinajstić information content (AvgIpc) is 2.16. The third kappa shape index (κ3) is 1.99. The molecule has 0 saturated carbocycles. The van der Waals surface area contributed by atoms with Crippen molar-refractivity contribution >= 4 is 15.9 Å². The highest BCUT2D eigenvalue weighted by molar-refractivity contribution is 9.08. The van der Waals surface area contributed by atoms with Gasteiger partial charge in [0.15, 0.2) is 5.43 Å². The summed E-state index contributed by atoms with van der Waals surface area (Å²) in [6.07, 6.45) is -2.74. The van der Waals surface area contributed by atoms with E-state index >= 15 is 0 Å². The van der Waals surface area contributed by atoms with E-state index in [0.717, 1.165) is 6.07 Å². The highest BCUT2D eigenvalue weighted by atomic mass is 79.9. The highest BCUT2D eigenvalue weighted by Crippen LogP contribution is 2.16. The summed E-state index contributed by atoms with van der Waals surface area (Å²) >= 11 is 3.00. The Hall–Kier alpha value is -1.22. The molecule has 0 unspecified atom stereocenters. The van der Waals surface area contributed by atoms with E-state index in [-0.39, 0.29) is 16.6 Å². The van der Waals surface area contributed by atoms with Crippen LogP contribution >= 0.6 is 15.9 Å². The van der Waals surface area contributed by atoms with E-state index in [1.54, 1.807) is 6.07 Å². The molecule has 6 heteroatoms. The Bertz CT molecular complexity index is 436. The van der Waals surface area contributed by atoms with Gasteiger partial charge < -0.3 is 4.98 Å². The van der Waals surface area contributed by atoms with Crippen LogP contribution in [-0.2, 0) is 5.33 Å². The Kier molecular flexibility index (Phi) is 3.36. The van der Waals surface area contributed by atoms with E-state index in [9.17, 15) is 13.6 Å². The van der Waals surface area contributed by atoms with Crippen molar-refractivity contribution in [1.29, 1.82) is 5.26 Å². The fraction of sp³-hybridized carbons (Fsp3) is 0.250. The summed E-state index contributed by atoms with van der Waals surface area (Å²) in [7, 11) is 0. The predicted molar refractivity (Wildman–Crippen MR) is 49.4 cm³/mol. The average molecular weight is 263 g/mol. The minimum absolute atomic E-state index is 0.133. The molecule has 1 rings (SSSR count). The van der Waals surface area contributed by atoms with Crippen molar-refractivity contribution in [3.8, 4) is 6.07 Å². The van der Waals surface area contributed by atoms with Crippen LogP contribution in [0.3, 0.4) is 0 Å². The molecule has 74 valence electrons. The standard InChI is InChI=1S/C8H5BrF2N2O/c9-2-6-4(3-12)7(14)1-5(13-6)8(10)11/h1,8H,2H2,(H,13,14). The van der Waals surface area contributed by atoms with Gasteiger partial charge >= 0.3 is 0 Å². The Morgan fingerprint density at radius 1 is 1.64 bits per heavy atom. The highest BCUT2D eigenvalue weighted by Gasteiger charge is 2.13. The first-order valence-corrected chi connectivity index (χ1v) is 4.72. The van der Waals surface area contributed by atoms with Crippen LogP contribution in [0.4, 0.5) is 8.78 Å². The number of halogens is 3. The fourth-order valence-electron chi connectivity index (χ4n) is 0.975. The molecule has 0 aliphatic heterocycles. The zero-order valence-corrected chi connectivity index (χ0v) is 8.44. The second kappa shape index (κ2) is 4.33. The van der Waals surface area contributed by atoms with Crippen molar-refractivity contribution in [2.24, 2.45) is 0 Å². The van der Waals surface area contributed by atoms with Crippen LogP contribution in [-0.4, -0.2) is 4.98 Å². The lowest BCUT2D eigenvalue weighted by Gasteiger charge is -2.04. The zero-order chi connectivity index (χ0) is 10.7. The summed E-state index contributed by atoms with van der Waals surface area (Å²) in [6, 6.07) is 2.41. The number of nitrogens with one attached hydrogen (secondary N) is 1. The molecular formula is C8H5BrF2N2O. The minimum Gasteiger partial charge on any atom is -0.356 e. The maximum absolute atomic E-state index is 12.2. The molecule has 1 N–H and O–H groups in total. The Morgan fingerprint density at radius 2 is 2.29 bits per heavy atom. The van der Waals surface area contributed by atoms with E-state index in [2.05, 4.69) is 20.9 Å². The molecule has 0 atom stereocenters. The summed E-state index contributed by atoms with van der Waals surface area (Å²) < 4.78 is 24.5. The van der Waals surface area contributed by atoms with Gasteiger partial charge in [-0.1, -0.05) is 15.9 Å². The first-order chi connectivity index (χ1) is 6.60. The molecular weight excluding hydrogens is 258 g/mol. The van der Waals surface area contributed by atoms with Gasteiger partial charge in [0.2, 0.25) is 0 Å². The first kappa shape index (κ1) is 10.9. The van der Waals surface area contributed by atoms with Gasteiger partial charge in [-0.15, -0.1) is 0 Å². The maximum atomic E-state index is 12.2. The van der Waals surface area contributed by atoms with Crippen molar-refractivity contribution in [3.63, 3.8) is 0 Å². The molecule has 0 bridgehead atoms. The second-order valence-corrected chi connectivity index (χ2v) is 3.05. The van der Waals surface area contributed by atoms with E-state index in [4.69, 9.17) is 5.26 Å². The van der Waals surface area contributed by atoms with Crippen LogP contribution in [0.25, 0.3) is 0 Å². The van der Waals surface area contributed by atoms with E-state index in [1.807, 2.05) is 0 Å². The predicted octanol–water partition coefficient (Wildman–Crippen LogP) is 2.08. The third-order valence-electron chi connectivity index (χ3n) is 1.61. The second-order valence-electron chi connectivity index (χ2n) is 2.49. The van der Waals surface area contributed by atoms with Crippen molar-refractivity contribution in [2.45, 2.75) is 11.8 Å². The molecule has 0 radical (unpaired) electrons. The zero-order valence-electron chi connectivity index (χ0n) is 6.85. The van der Waals surface area contributed by atoms with Crippen LogP contribution in [0, 0.1) is 11.3 Å². The summed E-state index contributed by atoms with van der Waals surface area (Å²) in [4.78, 5) is 13.5. The Labute approximate surface area is 86.5 Å². The van der Waals surface area contributed by atoms with Crippen LogP contribution in [0.2, 0.25) is 0 Å². The minimum atomic E-state index is -2.74. The topological polar surface area (TPSA) is 56.6 Å². The van der Waals surface area contributed by atoms with E-state index in [1.165, 1.54) is 0 Å². The molecule has 14 heavy (non-hydrogen) atoms. The number of rotatable bonds is 2. The number of aromatic amines is 1. The number of nitriles is 1. The monoisotopic (exact) mass is 262 g/mol. The Morgan fingerprint density at radius 3 is 2.71 bits per heavy atom. The third-order valence-corrected chi connectivity index (χ3v) is 2.17. The summed E-state index contributed by atoms with van der Waals surface area (Å²) in [6.45, 7) is 0. The summed E-state index contributed by atoms with van der Waals surface area (Å²) in [5.74, 6) is 0. The smallest absolute Gasteiger partial charge is 0.278 e. The van der Waals surface area contributed by atoms with Gasteiger partial charge in [0.1, 0.15) is 11.6 Å². The van der Waals surface area contributed by atoms with Crippen LogP contribution < -0.4 is 5.43 Å². The lowest BCUT2D eigenvalue weighted by Crippen LogP contribution is -2.12. The lowest BCUT2D eigenvalue weighted by molar-refractivity contribution is 0.145. The van der Waals surface area contributed by atoms with Gasteiger partial charge in [-0.2, -0.15) is 5.26 Å². The number of aromatic nitrogens is 1. The fourth-order valence-corrected chi connectivity index (χ4v) is 1.40. The summed E-state index contributed by atoms with van der Waals surface area (Å²) in [5.41, 5.74) is -1.11. The SMILES string of the molecule is N#Cc1c(CBr)[nH]c(C(F)F)cc1=O. The van der Waals surface area contributed by atoms with Crippen LogP contribution in [0.5, 0.6) is 0 Å². The van der Waals surface area contributed by atoms with Crippen molar-refractivity contribution in [3.05, 3.63) is 33.2 Å². The molecule has 0 fully saturated rings. The van der Waals surface area contributed by atoms with Gasteiger partial charge in [-0.3, -0.25) is 4.79 Å². The molecule has 0 aliphatic rings. The molecule has 0 saturated heterocycles. The number of nitrogens with zero attached hydrogens (tertiary/aromatic N) is 1. The van der Waals surface area contributed by atoms with E-state index < -0.39 is 17.5 Å². The quantitative estimate of drug-likeness (QED) is 0.830. The Balaban J connectivity index is 3.41. The number of H-pyrrole nitrogens is 1. The van der Waals surface area contributed by atoms with Gasteiger partial charge in [-0.25, -0.2) is 8.78 Å². The molecule has 0 aromatic carbocycles. The lowest BCUT2D eigenvalue weighted by atomic mass is 10.2. The maximum Gasteiger partial charge on any atom is 0.278 e. The van der Waals surface area contributed by atoms with Gasteiger partial charge in [0.25, 0.3) is 6.43 Å². The number of hydrogen-bond donors (Lipinski definition) is 1. The van der Waals surface area contributed by atoms with Crippen LogP contribution in [0.1, 0.15) is 23.4 Å². The number of alkyl halides is 3. The van der Waals surface area contributed by atoms with E-state index in [0.29, 0.717) is 0 Å². The molecule has 0 aliphatic carbocycles.